The van der Waals surface area contributed by atoms with Crippen LogP contribution in [0.15, 0.2) is 22.8 Å². The number of carbonyl (C=O) groups is 1. The Bertz CT molecular complexity index is 343. The Labute approximate surface area is 94.9 Å². The molecule has 1 heterocycles. The van der Waals surface area contributed by atoms with Crippen molar-refractivity contribution >= 4 is 5.97 Å². The maximum Gasteiger partial charge on any atom is 0.317 e. The molecule has 0 amide bonds. The quantitative estimate of drug-likeness (QED) is 0.798. The lowest BCUT2D eigenvalue weighted by atomic mass is 10.1. The topological polar surface area (TPSA) is 53.7 Å². The van der Waals surface area contributed by atoms with Crippen molar-refractivity contribution in [2.24, 2.45) is 0 Å². The highest BCUT2D eigenvalue weighted by Crippen LogP contribution is 2.29. The van der Waals surface area contributed by atoms with Crippen LogP contribution in [0.2, 0.25) is 0 Å². The van der Waals surface area contributed by atoms with E-state index in [4.69, 9.17) is 9.52 Å². The summed E-state index contributed by atoms with van der Waals surface area (Å²) < 4.78 is 5.29. The molecule has 1 saturated carbocycles. The molecule has 1 aliphatic carbocycles. The molecule has 1 fully saturated rings. The molecular formula is C12H17NO3. The molecule has 0 radical (unpaired) electrons. The molecule has 4 heteroatoms. The fourth-order valence-electron chi connectivity index (χ4n) is 2.04. The van der Waals surface area contributed by atoms with Crippen LogP contribution in [0.4, 0.5) is 0 Å². The molecule has 1 aromatic rings. The van der Waals surface area contributed by atoms with Gasteiger partial charge in [0.1, 0.15) is 5.76 Å². The lowest BCUT2D eigenvalue weighted by Crippen LogP contribution is -2.40. The van der Waals surface area contributed by atoms with Gasteiger partial charge in [-0.3, -0.25) is 9.69 Å². The maximum absolute atomic E-state index is 10.8. The number of hydrogen-bond donors (Lipinski definition) is 1. The third-order valence-electron chi connectivity index (χ3n) is 2.98. The van der Waals surface area contributed by atoms with Gasteiger partial charge in [0, 0.05) is 18.5 Å². The molecule has 0 spiro atoms. The van der Waals surface area contributed by atoms with Crippen molar-refractivity contribution in [3.05, 3.63) is 24.2 Å². The molecule has 0 aromatic carbocycles. The molecule has 1 N–H and O–H groups in total. The minimum absolute atomic E-state index is 0.131. The summed E-state index contributed by atoms with van der Waals surface area (Å²) in [5.74, 6) is 0.168. The number of carboxylic acids is 1. The van der Waals surface area contributed by atoms with Crippen molar-refractivity contribution in [2.75, 3.05) is 6.54 Å². The maximum atomic E-state index is 10.8. The highest BCUT2D eigenvalue weighted by atomic mass is 16.4. The van der Waals surface area contributed by atoms with E-state index in [1.54, 1.807) is 6.26 Å². The SMILES string of the molecule is CC(Cc1ccco1)N(CC(=O)O)C1CC1. The molecule has 0 saturated heterocycles. The zero-order chi connectivity index (χ0) is 11.5. The first-order valence-electron chi connectivity index (χ1n) is 5.66. The molecule has 0 aliphatic heterocycles. The van der Waals surface area contributed by atoms with Gasteiger partial charge in [-0.1, -0.05) is 0 Å². The van der Waals surface area contributed by atoms with E-state index in [1.807, 2.05) is 12.1 Å². The van der Waals surface area contributed by atoms with E-state index >= 15 is 0 Å². The molecular weight excluding hydrogens is 206 g/mol. The minimum atomic E-state index is -0.752. The smallest absolute Gasteiger partial charge is 0.317 e. The lowest BCUT2D eigenvalue weighted by Gasteiger charge is -2.26. The third kappa shape index (κ3) is 2.85. The summed E-state index contributed by atoms with van der Waals surface area (Å²) in [5, 5.41) is 8.87. The average molecular weight is 223 g/mol. The van der Waals surface area contributed by atoms with Crippen LogP contribution < -0.4 is 0 Å². The van der Waals surface area contributed by atoms with Gasteiger partial charge >= 0.3 is 5.97 Å². The largest absolute Gasteiger partial charge is 0.480 e. The molecule has 1 aliphatic rings. The fraction of sp³-hybridized carbons (Fsp3) is 0.583. The first-order chi connectivity index (χ1) is 7.66. The van der Waals surface area contributed by atoms with E-state index in [1.165, 1.54) is 0 Å². The lowest BCUT2D eigenvalue weighted by molar-refractivity contribution is -0.139. The highest BCUT2D eigenvalue weighted by molar-refractivity contribution is 5.69. The first-order valence-corrected chi connectivity index (χ1v) is 5.66. The molecule has 16 heavy (non-hydrogen) atoms. The number of rotatable bonds is 6. The Morgan fingerprint density at radius 1 is 1.69 bits per heavy atom. The normalized spacial score (nSPS) is 17.6. The second-order valence-corrected chi connectivity index (χ2v) is 4.43. The predicted octanol–water partition coefficient (Wildman–Crippen LogP) is 1.76. The van der Waals surface area contributed by atoms with E-state index in [0.717, 1.165) is 25.0 Å². The van der Waals surface area contributed by atoms with Gasteiger partial charge in [0.2, 0.25) is 0 Å². The van der Waals surface area contributed by atoms with E-state index in [0.29, 0.717) is 6.04 Å². The summed E-state index contributed by atoms with van der Waals surface area (Å²) in [7, 11) is 0. The average Bonchev–Trinajstić information content (AvgIpc) is 2.94. The van der Waals surface area contributed by atoms with E-state index < -0.39 is 5.97 Å². The zero-order valence-electron chi connectivity index (χ0n) is 9.43. The van der Waals surface area contributed by atoms with E-state index in [9.17, 15) is 4.79 Å². The van der Waals surface area contributed by atoms with Gasteiger partial charge in [0.05, 0.1) is 12.8 Å². The summed E-state index contributed by atoms with van der Waals surface area (Å²) in [4.78, 5) is 12.8. The Morgan fingerprint density at radius 2 is 2.44 bits per heavy atom. The van der Waals surface area contributed by atoms with Gasteiger partial charge in [-0.2, -0.15) is 0 Å². The summed E-state index contributed by atoms with van der Waals surface area (Å²) in [6, 6.07) is 4.47. The van der Waals surface area contributed by atoms with E-state index in [-0.39, 0.29) is 12.6 Å². The summed E-state index contributed by atoms with van der Waals surface area (Å²) in [6.45, 7) is 2.19. The van der Waals surface area contributed by atoms with Crippen LogP contribution >= 0.6 is 0 Å². The van der Waals surface area contributed by atoms with Crippen LogP contribution in [-0.4, -0.2) is 34.6 Å². The Hall–Kier alpha value is -1.29. The van der Waals surface area contributed by atoms with Crippen molar-refractivity contribution in [3.8, 4) is 0 Å². The number of furan rings is 1. The Morgan fingerprint density at radius 3 is 2.94 bits per heavy atom. The minimum Gasteiger partial charge on any atom is -0.480 e. The van der Waals surface area contributed by atoms with Crippen LogP contribution in [0.25, 0.3) is 0 Å². The van der Waals surface area contributed by atoms with Gasteiger partial charge in [-0.15, -0.1) is 0 Å². The monoisotopic (exact) mass is 223 g/mol. The number of aliphatic carboxylic acids is 1. The molecule has 88 valence electrons. The predicted molar refractivity (Wildman–Crippen MR) is 59.2 cm³/mol. The number of nitrogens with zero attached hydrogens (tertiary/aromatic N) is 1. The van der Waals surface area contributed by atoms with Gasteiger partial charge < -0.3 is 9.52 Å². The third-order valence-corrected chi connectivity index (χ3v) is 2.98. The van der Waals surface area contributed by atoms with Crippen LogP contribution in [0.1, 0.15) is 25.5 Å². The molecule has 1 aromatic heterocycles. The van der Waals surface area contributed by atoms with Crippen molar-refractivity contribution in [1.82, 2.24) is 4.90 Å². The standard InChI is InChI=1S/C12H17NO3/c1-9(7-11-3-2-6-16-11)13(8-12(14)15)10-4-5-10/h2-3,6,9-10H,4-5,7-8H2,1H3,(H,14,15). The molecule has 4 nitrogen and oxygen atoms in total. The first kappa shape index (κ1) is 11.2. The second kappa shape index (κ2) is 4.70. The Balaban J connectivity index is 1.94. The zero-order valence-corrected chi connectivity index (χ0v) is 9.43. The van der Waals surface area contributed by atoms with Gasteiger partial charge in [0.25, 0.3) is 0 Å². The molecule has 1 unspecified atom stereocenters. The van der Waals surface area contributed by atoms with Gasteiger partial charge in [0.15, 0.2) is 0 Å². The molecule has 2 rings (SSSR count). The Kier molecular flexibility index (Phi) is 3.29. The van der Waals surface area contributed by atoms with Crippen molar-refractivity contribution < 1.29 is 14.3 Å². The number of hydrogen-bond acceptors (Lipinski definition) is 3. The molecule has 1 atom stereocenters. The van der Waals surface area contributed by atoms with Crippen molar-refractivity contribution in [2.45, 2.75) is 38.3 Å². The van der Waals surface area contributed by atoms with Gasteiger partial charge in [-0.05, 0) is 31.9 Å². The van der Waals surface area contributed by atoms with Crippen molar-refractivity contribution in [1.29, 1.82) is 0 Å². The van der Waals surface area contributed by atoms with Crippen molar-refractivity contribution in [3.63, 3.8) is 0 Å². The highest BCUT2D eigenvalue weighted by Gasteiger charge is 2.33. The second-order valence-electron chi connectivity index (χ2n) is 4.43. The molecule has 0 bridgehead atoms. The summed E-state index contributed by atoms with van der Waals surface area (Å²) in [6.07, 6.45) is 4.67. The summed E-state index contributed by atoms with van der Waals surface area (Å²) in [5.41, 5.74) is 0. The van der Waals surface area contributed by atoms with Crippen LogP contribution in [0, 0.1) is 0 Å². The fourth-order valence-corrected chi connectivity index (χ4v) is 2.04. The number of carboxylic acid groups (broad SMARTS) is 1. The van der Waals surface area contributed by atoms with Gasteiger partial charge in [-0.25, -0.2) is 0 Å². The van der Waals surface area contributed by atoms with Crippen LogP contribution in [0.5, 0.6) is 0 Å². The summed E-state index contributed by atoms with van der Waals surface area (Å²) >= 11 is 0. The van der Waals surface area contributed by atoms with Crippen LogP contribution in [-0.2, 0) is 11.2 Å². The van der Waals surface area contributed by atoms with E-state index in [2.05, 4.69) is 11.8 Å². The van der Waals surface area contributed by atoms with Crippen LogP contribution in [0.3, 0.4) is 0 Å².